The summed E-state index contributed by atoms with van der Waals surface area (Å²) < 4.78 is 16.8. The third-order valence-corrected chi connectivity index (χ3v) is 5.72. The highest BCUT2D eigenvalue weighted by molar-refractivity contribution is 5.93. The molecule has 1 saturated heterocycles. The lowest BCUT2D eigenvalue weighted by atomic mass is 9.97. The summed E-state index contributed by atoms with van der Waals surface area (Å²) in [4.78, 5) is 11.8. The third-order valence-electron chi connectivity index (χ3n) is 5.72. The van der Waals surface area contributed by atoms with Crippen LogP contribution in [-0.2, 0) is 6.54 Å². The van der Waals surface area contributed by atoms with E-state index in [0.717, 1.165) is 80.3 Å². The van der Waals surface area contributed by atoms with E-state index in [-0.39, 0.29) is 0 Å². The lowest BCUT2D eigenvalue weighted by molar-refractivity contribution is 0.166. The van der Waals surface area contributed by atoms with Gasteiger partial charge in [0, 0.05) is 24.8 Å². The van der Waals surface area contributed by atoms with E-state index >= 15 is 0 Å². The van der Waals surface area contributed by atoms with E-state index in [1.807, 2.05) is 39.0 Å². The largest absolute Gasteiger partial charge is 0.493 e. The fourth-order valence-electron chi connectivity index (χ4n) is 3.81. The molecule has 176 valence electrons. The summed E-state index contributed by atoms with van der Waals surface area (Å²) in [5.41, 5.74) is 1.90. The van der Waals surface area contributed by atoms with E-state index in [0.29, 0.717) is 18.3 Å². The summed E-state index contributed by atoms with van der Waals surface area (Å²) in [5, 5.41) is 6.72. The van der Waals surface area contributed by atoms with E-state index in [1.165, 1.54) is 0 Å². The summed E-state index contributed by atoms with van der Waals surface area (Å²) in [7, 11) is 1.65. The molecule has 1 aromatic heterocycles. The van der Waals surface area contributed by atoms with Gasteiger partial charge in [-0.3, -0.25) is 9.89 Å². The Labute approximate surface area is 191 Å². The first-order valence-corrected chi connectivity index (χ1v) is 11.5. The van der Waals surface area contributed by atoms with E-state index in [9.17, 15) is 0 Å². The number of hydrogen-bond acceptors (Lipinski definition) is 6. The number of aryl methyl sites for hydroxylation is 2. The topological polar surface area (TPSA) is 84.2 Å². The number of nitrogens with one attached hydrogen (secondary N) is 2. The summed E-state index contributed by atoms with van der Waals surface area (Å²) >= 11 is 0. The van der Waals surface area contributed by atoms with Crippen LogP contribution in [0.2, 0.25) is 0 Å². The Morgan fingerprint density at radius 2 is 2.00 bits per heavy atom. The first-order chi connectivity index (χ1) is 15.5. The SMILES string of the molecule is CCNC(=NCC1CCN(Cc2nc(C)c(C)o2)CC1)Nc1ccc(OCC)c(OC)c1. The van der Waals surface area contributed by atoms with E-state index in [4.69, 9.17) is 18.9 Å². The van der Waals surface area contributed by atoms with Gasteiger partial charge in [0.15, 0.2) is 17.5 Å². The third kappa shape index (κ3) is 6.63. The normalized spacial score (nSPS) is 15.6. The second-order valence-electron chi connectivity index (χ2n) is 8.11. The van der Waals surface area contributed by atoms with Gasteiger partial charge in [-0.25, -0.2) is 4.98 Å². The van der Waals surface area contributed by atoms with Gasteiger partial charge < -0.3 is 24.5 Å². The number of methoxy groups -OCH3 is 1. The first kappa shape index (κ1) is 23.9. The molecule has 0 bridgehead atoms. The highest BCUT2D eigenvalue weighted by atomic mass is 16.5. The number of guanidine groups is 1. The zero-order chi connectivity index (χ0) is 22.9. The Morgan fingerprint density at radius 3 is 2.62 bits per heavy atom. The first-order valence-electron chi connectivity index (χ1n) is 11.5. The van der Waals surface area contributed by atoms with E-state index in [2.05, 4.69) is 27.4 Å². The fraction of sp³-hybridized carbons (Fsp3) is 0.583. The number of rotatable bonds is 9. The van der Waals surface area contributed by atoms with Crippen LogP contribution in [0.1, 0.15) is 44.0 Å². The Kier molecular flexibility index (Phi) is 8.79. The molecule has 3 rings (SSSR count). The van der Waals surface area contributed by atoms with Gasteiger partial charge in [0.1, 0.15) is 5.76 Å². The van der Waals surface area contributed by atoms with E-state index < -0.39 is 0 Å². The lowest BCUT2D eigenvalue weighted by Crippen LogP contribution is -2.35. The van der Waals surface area contributed by atoms with Crippen molar-refractivity contribution in [3.8, 4) is 11.5 Å². The molecule has 8 nitrogen and oxygen atoms in total. The Morgan fingerprint density at radius 1 is 1.22 bits per heavy atom. The molecule has 0 unspecified atom stereocenters. The van der Waals surface area contributed by atoms with Gasteiger partial charge in [-0.2, -0.15) is 0 Å². The van der Waals surface area contributed by atoms with Gasteiger partial charge in [-0.15, -0.1) is 0 Å². The summed E-state index contributed by atoms with van der Waals surface area (Å²) in [6.07, 6.45) is 2.25. The monoisotopic (exact) mass is 443 g/mol. The van der Waals surface area contributed by atoms with Crippen LogP contribution in [0.25, 0.3) is 0 Å². The predicted octanol–water partition coefficient (Wildman–Crippen LogP) is 3.99. The van der Waals surface area contributed by atoms with E-state index in [1.54, 1.807) is 7.11 Å². The molecule has 1 aliphatic rings. The smallest absolute Gasteiger partial charge is 0.208 e. The molecule has 0 saturated carbocycles. The molecular weight excluding hydrogens is 406 g/mol. The van der Waals surface area contributed by atoms with Crippen molar-refractivity contribution >= 4 is 11.6 Å². The van der Waals surface area contributed by atoms with Crippen LogP contribution in [0, 0.1) is 19.8 Å². The van der Waals surface area contributed by atoms with Gasteiger partial charge in [0.25, 0.3) is 0 Å². The van der Waals surface area contributed by atoms with Crippen LogP contribution in [0.4, 0.5) is 5.69 Å². The molecule has 1 aromatic carbocycles. The minimum absolute atomic E-state index is 0.574. The van der Waals surface area contributed by atoms with Crippen molar-refractivity contribution in [1.29, 1.82) is 0 Å². The molecule has 2 N–H and O–H groups in total. The molecule has 0 spiro atoms. The van der Waals surface area contributed by atoms with Crippen molar-refractivity contribution in [3.05, 3.63) is 35.5 Å². The molecule has 1 aliphatic heterocycles. The number of ether oxygens (including phenoxy) is 2. The molecule has 32 heavy (non-hydrogen) atoms. The van der Waals surface area contributed by atoms with Crippen molar-refractivity contribution in [3.63, 3.8) is 0 Å². The maximum atomic E-state index is 5.74. The predicted molar refractivity (Wildman–Crippen MR) is 128 cm³/mol. The van der Waals surface area contributed by atoms with Crippen LogP contribution in [0.3, 0.4) is 0 Å². The summed E-state index contributed by atoms with van der Waals surface area (Å²) in [5.74, 6) is 4.54. The number of piperidine rings is 1. The number of benzene rings is 1. The van der Waals surface area contributed by atoms with Gasteiger partial charge >= 0.3 is 0 Å². The molecular formula is C24H37N5O3. The number of hydrogen-bond donors (Lipinski definition) is 2. The number of aromatic nitrogens is 1. The number of oxazole rings is 1. The average molecular weight is 444 g/mol. The maximum absolute atomic E-state index is 5.74. The summed E-state index contributed by atoms with van der Waals surface area (Å²) in [6, 6.07) is 5.83. The van der Waals surface area contributed by atoms with Crippen LogP contribution < -0.4 is 20.1 Å². The molecule has 2 aromatic rings. The lowest BCUT2D eigenvalue weighted by Gasteiger charge is -2.30. The van der Waals surface area contributed by atoms with Gasteiger partial charge in [0.05, 0.1) is 26.0 Å². The minimum atomic E-state index is 0.574. The highest BCUT2D eigenvalue weighted by Crippen LogP contribution is 2.30. The van der Waals surface area contributed by atoms with Gasteiger partial charge in [-0.1, -0.05) is 0 Å². The summed E-state index contributed by atoms with van der Waals surface area (Å²) in [6.45, 7) is 13.1. The van der Waals surface area contributed by atoms with Crippen molar-refractivity contribution in [2.45, 2.75) is 47.1 Å². The second kappa shape index (κ2) is 11.8. The zero-order valence-electron chi connectivity index (χ0n) is 20.0. The van der Waals surface area contributed by atoms with Crippen LogP contribution >= 0.6 is 0 Å². The molecule has 8 heteroatoms. The Balaban J connectivity index is 1.53. The van der Waals surface area contributed by atoms with Crippen LogP contribution in [0.15, 0.2) is 27.6 Å². The molecule has 0 amide bonds. The van der Waals surface area contributed by atoms with Crippen molar-refractivity contribution in [1.82, 2.24) is 15.2 Å². The number of likely N-dealkylation sites (tertiary alicyclic amines) is 1. The van der Waals surface area contributed by atoms with Crippen molar-refractivity contribution < 1.29 is 13.9 Å². The van der Waals surface area contributed by atoms with Gasteiger partial charge in [-0.05, 0) is 71.7 Å². The average Bonchev–Trinajstić information content (AvgIpc) is 3.11. The fourth-order valence-corrected chi connectivity index (χ4v) is 3.81. The molecule has 0 atom stereocenters. The quantitative estimate of drug-likeness (QED) is 0.448. The maximum Gasteiger partial charge on any atom is 0.208 e. The molecule has 1 fully saturated rings. The Bertz CT molecular complexity index is 868. The van der Waals surface area contributed by atoms with Crippen molar-refractivity contribution in [2.75, 3.05) is 45.2 Å². The highest BCUT2D eigenvalue weighted by Gasteiger charge is 2.21. The van der Waals surface area contributed by atoms with Crippen LogP contribution in [-0.4, -0.2) is 55.7 Å². The Hall–Kier alpha value is -2.74. The zero-order valence-corrected chi connectivity index (χ0v) is 20.0. The molecule has 0 aliphatic carbocycles. The standard InChI is InChI=1S/C24H37N5O3/c1-6-25-24(28-20-8-9-21(31-7-2)22(14-20)30-5)26-15-19-10-12-29(13-11-19)16-23-27-17(3)18(4)32-23/h8-9,14,19H,6-7,10-13,15-16H2,1-5H3,(H2,25,26,28). The molecule has 0 radical (unpaired) electrons. The van der Waals surface area contributed by atoms with Crippen molar-refractivity contribution in [2.24, 2.45) is 10.9 Å². The number of nitrogens with zero attached hydrogens (tertiary/aromatic N) is 3. The van der Waals surface area contributed by atoms with Crippen LogP contribution in [0.5, 0.6) is 11.5 Å². The molecule has 2 heterocycles. The minimum Gasteiger partial charge on any atom is -0.493 e. The number of aliphatic imine (C=N–C) groups is 1. The number of anilines is 1. The second-order valence-corrected chi connectivity index (χ2v) is 8.11. The van der Waals surface area contributed by atoms with Gasteiger partial charge in [0.2, 0.25) is 5.89 Å².